The summed E-state index contributed by atoms with van der Waals surface area (Å²) in [5.74, 6) is 0. The average molecular weight is 346 g/mol. The highest BCUT2D eigenvalue weighted by atomic mass is 14.8. The number of nitrogens with zero attached hydrogens (tertiary/aromatic N) is 1. The second-order valence-corrected chi connectivity index (χ2v) is 6.61. The van der Waals surface area contributed by atoms with E-state index in [1.54, 1.807) is 0 Å². The second-order valence-electron chi connectivity index (χ2n) is 6.61. The highest BCUT2D eigenvalue weighted by Gasteiger charge is 2.10. The van der Waals surface area contributed by atoms with Gasteiger partial charge in [0.2, 0.25) is 0 Å². The van der Waals surface area contributed by atoms with E-state index in [-0.39, 0.29) is 0 Å². The van der Waals surface area contributed by atoms with Gasteiger partial charge in [0, 0.05) is 11.3 Å². The van der Waals surface area contributed by atoms with Crippen molar-refractivity contribution in [3.8, 4) is 11.3 Å². The van der Waals surface area contributed by atoms with Crippen molar-refractivity contribution >= 4 is 33.4 Å². The molecule has 0 saturated heterocycles. The van der Waals surface area contributed by atoms with Crippen LogP contribution in [0.25, 0.3) is 32.8 Å². The number of hydrogen-bond acceptors (Lipinski definition) is 1. The average Bonchev–Trinajstić information content (AvgIpc) is 3.20. The molecule has 27 heavy (non-hydrogen) atoms. The molecule has 0 aliphatic rings. The third kappa shape index (κ3) is 2.91. The molecular weight excluding hydrogens is 328 g/mol. The third-order valence-electron chi connectivity index (χ3n) is 4.86. The van der Waals surface area contributed by atoms with E-state index in [4.69, 9.17) is 0 Å². The lowest BCUT2D eigenvalue weighted by atomic mass is 9.95. The van der Waals surface area contributed by atoms with E-state index < -0.39 is 0 Å². The predicted molar refractivity (Wildman–Crippen MR) is 115 cm³/mol. The number of rotatable bonds is 3. The normalized spacial score (nSPS) is 11.6. The summed E-state index contributed by atoms with van der Waals surface area (Å²) < 4.78 is 0. The molecule has 0 fully saturated rings. The van der Waals surface area contributed by atoms with E-state index in [9.17, 15) is 0 Å². The van der Waals surface area contributed by atoms with E-state index in [1.807, 2.05) is 36.5 Å². The van der Waals surface area contributed by atoms with Crippen LogP contribution in [0.4, 0.5) is 5.69 Å². The van der Waals surface area contributed by atoms with Crippen molar-refractivity contribution in [2.24, 2.45) is 4.99 Å². The molecule has 0 spiro atoms. The van der Waals surface area contributed by atoms with Crippen LogP contribution in [0.3, 0.4) is 0 Å². The first-order valence-electron chi connectivity index (χ1n) is 9.07. The van der Waals surface area contributed by atoms with Crippen molar-refractivity contribution in [2.75, 3.05) is 0 Å². The molecule has 5 aromatic rings. The molecule has 0 aliphatic carbocycles. The molecule has 4 aromatic carbocycles. The minimum atomic E-state index is 0.948. The molecule has 2 nitrogen and oxygen atoms in total. The number of aliphatic imine (C=N–C) groups is 1. The summed E-state index contributed by atoms with van der Waals surface area (Å²) in [6, 6.07) is 33.6. The van der Waals surface area contributed by atoms with Gasteiger partial charge in [0.15, 0.2) is 0 Å². The van der Waals surface area contributed by atoms with E-state index in [1.165, 1.54) is 27.1 Å². The SMILES string of the molecule is C(=N\c1ccccc1)/c1ccc(-c2c3ccccc3cc3ccccc23)[nH]1. The molecule has 0 saturated carbocycles. The van der Waals surface area contributed by atoms with Crippen molar-refractivity contribution in [3.05, 3.63) is 103 Å². The molecule has 0 radical (unpaired) electrons. The fraction of sp³-hybridized carbons (Fsp3) is 0. The summed E-state index contributed by atoms with van der Waals surface area (Å²) in [7, 11) is 0. The molecule has 1 heterocycles. The van der Waals surface area contributed by atoms with Crippen LogP contribution in [0.15, 0.2) is 102 Å². The Hall–Kier alpha value is -3.65. The van der Waals surface area contributed by atoms with Crippen LogP contribution in [-0.4, -0.2) is 11.2 Å². The molecule has 128 valence electrons. The largest absolute Gasteiger partial charge is 0.354 e. The minimum absolute atomic E-state index is 0.948. The van der Waals surface area contributed by atoms with Crippen LogP contribution in [0, 0.1) is 0 Å². The van der Waals surface area contributed by atoms with Crippen LogP contribution >= 0.6 is 0 Å². The van der Waals surface area contributed by atoms with Gasteiger partial charge in [0.1, 0.15) is 0 Å². The summed E-state index contributed by atoms with van der Waals surface area (Å²) in [4.78, 5) is 8.09. The monoisotopic (exact) mass is 346 g/mol. The van der Waals surface area contributed by atoms with Gasteiger partial charge in [0.05, 0.1) is 17.6 Å². The zero-order valence-electron chi connectivity index (χ0n) is 14.8. The van der Waals surface area contributed by atoms with Crippen molar-refractivity contribution in [1.82, 2.24) is 4.98 Å². The van der Waals surface area contributed by atoms with Crippen LogP contribution in [0.1, 0.15) is 5.69 Å². The third-order valence-corrected chi connectivity index (χ3v) is 4.86. The topological polar surface area (TPSA) is 28.1 Å². The summed E-state index contributed by atoms with van der Waals surface area (Å²) in [6.45, 7) is 0. The summed E-state index contributed by atoms with van der Waals surface area (Å²) in [5, 5.41) is 5.01. The highest BCUT2D eigenvalue weighted by molar-refractivity contribution is 6.12. The maximum Gasteiger partial charge on any atom is 0.0630 e. The number of aromatic amines is 1. The lowest BCUT2D eigenvalue weighted by Crippen LogP contribution is -1.87. The number of para-hydroxylation sites is 1. The zero-order chi connectivity index (χ0) is 18.1. The summed E-state index contributed by atoms with van der Waals surface area (Å²) in [6.07, 6.45) is 1.88. The van der Waals surface area contributed by atoms with Gasteiger partial charge in [-0.1, -0.05) is 66.7 Å². The minimum Gasteiger partial charge on any atom is -0.354 e. The van der Waals surface area contributed by atoms with Crippen molar-refractivity contribution in [3.63, 3.8) is 0 Å². The van der Waals surface area contributed by atoms with Crippen LogP contribution in [0.2, 0.25) is 0 Å². The lowest BCUT2D eigenvalue weighted by Gasteiger charge is -2.10. The Bertz CT molecular complexity index is 1210. The van der Waals surface area contributed by atoms with Crippen molar-refractivity contribution in [1.29, 1.82) is 0 Å². The number of benzene rings is 4. The van der Waals surface area contributed by atoms with E-state index in [2.05, 4.69) is 76.7 Å². The maximum absolute atomic E-state index is 4.55. The highest BCUT2D eigenvalue weighted by Crippen LogP contribution is 2.35. The van der Waals surface area contributed by atoms with Gasteiger partial charge in [-0.2, -0.15) is 0 Å². The molecule has 0 amide bonds. The molecule has 1 N–H and O–H groups in total. The first-order valence-corrected chi connectivity index (χ1v) is 9.07. The van der Waals surface area contributed by atoms with Gasteiger partial charge < -0.3 is 4.98 Å². The van der Waals surface area contributed by atoms with Gasteiger partial charge in [-0.3, -0.25) is 4.99 Å². The Morgan fingerprint density at radius 2 is 1.26 bits per heavy atom. The number of hydrogen-bond donors (Lipinski definition) is 1. The summed E-state index contributed by atoms with van der Waals surface area (Å²) in [5.41, 5.74) is 4.29. The number of nitrogens with one attached hydrogen (secondary N) is 1. The Labute approximate surface area is 157 Å². The Kier molecular flexibility index (Phi) is 3.80. The van der Waals surface area contributed by atoms with Crippen LogP contribution < -0.4 is 0 Å². The lowest BCUT2D eigenvalue weighted by molar-refractivity contribution is 1.38. The van der Waals surface area contributed by atoms with Gasteiger partial charge in [-0.05, 0) is 51.9 Å². The van der Waals surface area contributed by atoms with Crippen molar-refractivity contribution in [2.45, 2.75) is 0 Å². The quantitative estimate of drug-likeness (QED) is 0.277. The fourth-order valence-corrected chi connectivity index (χ4v) is 3.60. The molecule has 0 aliphatic heterocycles. The Morgan fingerprint density at radius 1 is 0.630 bits per heavy atom. The first-order chi connectivity index (χ1) is 13.4. The molecule has 2 heteroatoms. The molecular formula is C25H18N2. The first kappa shape index (κ1) is 15.6. The number of H-pyrrole nitrogens is 1. The van der Waals surface area contributed by atoms with E-state index >= 15 is 0 Å². The molecule has 0 bridgehead atoms. The Balaban J connectivity index is 1.65. The van der Waals surface area contributed by atoms with Gasteiger partial charge in [-0.25, -0.2) is 0 Å². The standard InChI is InChI=1S/C25H18N2/c1-2-10-20(11-3-1)26-17-21-14-15-24(27-21)25-22-12-6-4-8-18(22)16-19-9-5-7-13-23(19)25/h1-17,27H/b26-17+. The predicted octanol–water partition coefficient (Wildman–Crippen LogP) is 6.74. The molecule has 5 rings (SSSR count). The second kappa shape index (κ2) is 6.58. The van der Waals surface area contributed by atoms with Gasteiger partial charge >= 0.3 is 0 Å². The summed E-state index contributed by atoms with van der Waals surface area (Å²) >= 11 is 0. The van der Waals surface area contributed by atoms with Crippen LogP contribution in [0.5, 0.6) is 0 Å². The Morgan fingerprint density at radius 3 is 1.96 bits per heavy atom. The van der Waals surface area contributed by atoms with Crippen LogP contribution in [-0.2, 0) is 0 Å². The number of aromatic nitrogens is 1. The van der Waals surface area contributed by atoms with Gasteiger partial charge in [0.25, 0.3) is 0 Å². The molecule has 1 aromatic heterocycles. The maximum atomic E-state index is 4.55. The van der Waals surface area contributed by atoms with E-state index in [0.717, 1.165) is 17.1 Å². The smallest absolute Gasteiger partial charge is 0.0630 e. The fourth-order valence-electron chi connectivity index (χ4n) is 3.60. The van der Waals surface area contributed by atoms with Crippen molar-refractivity contribution < 1.29 is 0 Å². The van der Waals surface area contributed by atoms with E-state index in [0.29, 0.717) is 0 Å². The van der Waals surface area contributed by atoms with Gasteiger partial charge in [-0.15, -0.1) is 0 Å². The zero-order valence-corrected chi connectivity index (χ0v) is 14.8. The number of fused-ring (bicyclic) bond motifs is 2. The molecule has 0 unspecified atom stereocenters. The molecule has 0 atom stereocenters.